The maximum atomic E-state index is 11.9. The van der Waals surface area contributed by atoms with Crippen molar-refractivity contribution < 1.29 is 13.2 Å². The highest BCUT2D eigenvalue weighted by Crippen LogP contribution is 2.14. The summed E-state index contributed by atoms with van der Waals surface area (Å²) in [5.74, 6) is 1.93. The molecular formula is C15H18N2O3S. The Labute approximate surface area is 125 Å². The molecule has 21 heavy (non-hydrogen) atoms. The Morgan fingerprint density at radius 2 is 2.14 bits per heavy atom. The highest BCUT2D eigenvalue weighted by atomic mass is 32.2. The van der Waals surface area contributed by atoms with Crippen molar-refractivity contribution in [1.29, 1.82) is 0 Å². The zero-order valence-corrected chi connectivity index (χ0v) is 12.9. The summed E-state index contributed by atoms with van der Waals surface area (Å²) in [5, 5.41) is 0. The summed E-state index contributed by atoms with van der Waals surface area (Å²) >= 11 is 0. The molecule has 112 valence electrons. The van der Waals surface area contributed by atoms with E-state index in [0.29, 0.717) is 11.3 Å². The standard InChI is InChI=1S/C15H18N2O3S/c1-4-5-11-21(19,20)16-14-8-6-7-13(12-14)15(18)9-10-17(2)3/h1,6-10,12,16H,5,11H2,2-3H3. The number of anilines is 1. The van der Waals surface area contributed by atoms with Gasteiger partial charge in [-0.2, -0.15) is 0 Å². The Kier molecular flexibility index (Phi) is 6.00. The number of sulfonamides is 1. The van der Waals surface area contributed by atoms with Crippen molar-refractivity contribution in [3.05, 3.63) is 42.1 Å². The van der Waals surface area contributed by atoms with Gasteiger partial charge in [0, 0.05) is 44.0 Å². The van der Waals surface area contributed by atoms with E-state index in [4.69, 9.17) is 6.42 Å². The minimum atomic E-state index is -3.50. The van der Waals surface area contributed by atoms with Gasteiger partial charge in [0.15, 0.2) is 5.78 Å². The first-order valence-corrected chi connectivity index (χ1v) is 7.92. The number of carbonyl (C=O) groups is 1. The SMILES string of the molecule is C#CCCS(=O)(=O)Nc1cccc(C(=O)C=CN(C)C)c1. The second kappa shape index (κ2) is 7.50. The number of benzene rings is 1. The van der Waals surface area contributed by atoms with Gasteiger partial charge < -0.3 is 4.90 Å². The third kappa shape index (κ3) is 6.15. The Hall–Kier alpha value is -2.26. The van der Waals surface area contributed by atoms with E-state index in [9.17, 15) is 13.2 Å². The molecule has 0 radical (unpaired) electrons. The lowest BCUT2D eigenvalue weighted by atomic mass is 10.1. The van der Waals surface area contributed by atoms with Crippen LogP contribution in [0.1, 0.15) is 16.8 Å². The third-order valence-corrected chi connectivity index (χ3v) is 3.75. The quantitative estimate of drug-likeness (QED) is 0.473. The van der Waals surface area contributed by atoms with Gasteiger partial charge in [-0.3, -0.25) is 9.52 Å². The van der Waals surface area contributed by atoms with Gasteiger partial charge in [0.25, 0.3) is 0 Å². The molecule has 0 aromatic heterocycles. The predicted octanol–water partition coefficient (Wildman–Crippen LogP) is 1.71. The maximum absolute atomic E-state index is 11.9. The molecule has 5 nitrogen and oxygen atoms in total. The van der Waals surface area contributed by atoms with Crippen LogP contribution in [-0.2, 0) is 10.0 Å². The molecule has 1 N–H and O–H groups in total. The molecule has 0 unspecified atom stereocenters. The predicted molar refractivity (Wildman–Crippen MR) is 84.5 cm³/mol. The average Bonchev–Trinajstić information content (AvgIpc) is 2.42. The Balaban J connectivity index is 2.87. The fraction of sp³-hybridized carbons (Fsp3) is 0.267. The van der Waals surface area contributed by atoms with Crippen molar-refractivity contribution in [2.24, 2.45) is 0 Å². The van der Waals surface area contributed by atoms with E-state index in [1.165, 1.54) is 12.1 Å². The molecule has 0 fully saturated rings. The van der Waals surface area contributed by atoms with Crippen molar-refractivity contribution in [1.82, 2.24) is 4.90 Å². The van der Waals surface area contributed by atoms with Crippen LogP contribution in [0.5, 0.6) is 0 Å². The zero-order chi connectivity index (χ0) is 15.9. The van der Waals surface area contributed by atoms with Crippen molar-refractivity contribution in [3.63, 3.8) is 0 Å². The van der Waals surface area contributed by atoms with E-state index < -0.39 is 10.0 Å². The number of hydrogen-bond acceptors (Lipinski definition) is 4. The van der Waals surface area contributed by atoms with Gasteiger partial charge in [-0.1, -0.05) is 12.1 Å². The topological polar surface area (TPSA) is 66.5 Å². The summed E-state index contributed by atoms with van der Waals surface area (Å²) in [4.78, 5) is 13.7. The third-order valence-electron chi connectivity index (χ3n) is 2.46. The molecule has 0 heterocycles. The smallest absolute Gasteiger partial charge is 0.233 e. The van der Waals surface area contributed by atoms with Crippen LogP contribution in [0.25, 0.3) is 0 Å². The lowest BCUT2D eigenvalue weighted by Gasteiger charge is -2.08. The molecule has 0 saturated heterocycles. The fourth-order valence-corrected chi connectivity index (χ4v) is 2.45. The molecule has 0 atom stereocenters. The molecule has 1 rings (SSSR count). The van der Waals surface area contributed by atoms with Crippen LogP contribution < -0.4 is 4.72 Å². The van der Waals surface area contributed by atoms with Crippen LogP contribution in [0, 0.1) is 12.3 Å². The Morgan fingerprint density at radius 1 is 1.43 bits per heavy atom. The monoisotopic (exact) mass is 306 g/mol. The van der Waals surface area contributed by atoms with Gasteiger partial charge in [0.1, 0.15) is 0 Å². The van der Waals surface area contributed by atoms with Crippen LogP contribution in [0.3, 0.4) is 0 Å². The summed E-state index contributed by atoms with van der Waals surface area (Å²) < 4.78 is 25.9. The highest BCUT2D eigenvalue weighted by Gasteiger charge is 2.10. The van der Waals surface area contributed by atoms with Gasteiger partial charge in [-0.05, 0) is 12.1 Å². The molecule has 0 amide bonds. The molecule has 0 spiro atoms. The highest BCUT2D eigenvalue weighted by molar-refractivity contribution is 7.92. The van der Waals surface area contributed by atoms with Crippen LogP contribution in [-0.4, -0.2) is 38.9 Å². The van der Waals surface area contributed by atoms with Crippen LogP contribution in [0.4, 0.5) is 5.69 Å². The van der Waals surface area contributed by atoms with Crippen LogP contribution in [0.2, 0.25) is 0 Å². The fourth-order valence-electron chi connectivity index (χ4n) is 1.47. The molecule has 0 aliphatic carbocycles. The molecule has 0 aliphatic rings. The summed E-state index contributed by atoms with van der Waals surface area (Å²) in [6, 6.07) is 6.33. The van der Waals surface area contributed by atoms with Gasteiger partial charge in [-0.25, -0.2) is 8.42 Å². The minimum Gasteiger partial charge on any atom is -0.383 e. The number of hydrogen-bond donors (Lipinski definition) is 1. The average molecular weight is 306 g/mol. The number of ketones is 1. The number of nitrogens with one attached hydrogen (secondary N) is 1. The maximum Gasteiger partial charge on any atom is 0.233 e. The van der Waals surface area contributed by atoms with Crippen LogP contribution >= 0.6 is 0 Å². The van der Waals surface area contributed by atoms with E-state index in [0.717, 1.165) is 0 Å². The van der Waals surface area contributed by atoms with Gasteiger partial charge in [-0.15, -0.1) is 12.3 Å². The lowest BCUT2D eigenvalue weighted by Crippen LogP contribution is -2.16. The Bertz CT molecular complexity index is 670. The molecular weight excluding hydrogens is 288 g/mol. The lowest BCUT2D eigenvalue weighted by molar-refractivity contribution is 0.104. The second-order valence-electron chi connectivity index (χ2n) is 4.60. The molecule has 0 saturated carbocycles. The number of nitrogens with zero attached hydrogens (tertiary/aromatic N) is 1. The Morgan fingerprint density at radius 3 is 2.76 bits per heavy atom. The van der Waals surface area contributed by atoms with E-state index in [1.54, 1.807) is 43.4 Å². The largest absolute Gasteiger partial charge is 0.383 e. The zero-order valence-electron chi connectivity index (χ0n) is 12.0. The number of rotatable bonds is 7. The molecule has 0 aliphatic heterocycles. The first-order chi connectivity index (χ1) is 9.84. The number of carbonyl (C=O) groups excluding carboxylic acids is 1. The van der Waals surface area contributed by atoms with E-state index in [2.05, 4.69) is 10.6 Å². The van der Waals surface area contributed by atoms with E-state index >= 15 is 0 Å². The van der Waals surface area contributed by atoms with E-state index in [-0.39, 0.29) is 18.0 Å². The first kappa shape index (κ1) is 16.8. The van der Waals surface area contributed by atoms with E-state index in [1.807, 2.05) is 0 Å². The van der Waals surface area contributed by atoms with Crippen LogP contribution in [0.15, 0.2) is 36.5 Å². The van der Waals surface area contributed by atoms with Gasteiger partial charge in [0.05, 0.1) is 5.75 Å². The summed E-state index contributed by atoms with van der Waals surface area (Å²) in [5.41, 5.74) is 0.751. The van der Waals surface area contributed by atoms with Crippen molar-refractivity contribution in [2.45, 2.75) is 6.42 Å². The van der Waals surface area contributed by atoms with Gasteiger partial charge >= 0.3 is 0 Å². The van der Waals surface area contributed by atoms with Crippen molar-refractivity contribution in [2.75, 3.05) is 24.6 Å². The molecule has 0 bridgehead atoms. The minimum absolute atomic E-state index is 0.138. The number of terminal acetylenes is 1. The summed E-state index contributed by atoms with van der Waals surface area (Å²) in [6.45, 7) is 0. The van der Waals surface area contributed by atoms with Crippen molar-refractivity contribution >= 4 is 21.5 Å². The summed E-state index contributed by atoms with van der Waals surface area (Å²) in [6.07, 6.45) is 8.24. The molecule has 6 heteroatoms. The molecule has 1 aromatic carbocycles. The normalized spacial score (nSPS) is 11.1. The first-order valence-electron chi connectivity index (χ1n) is 6.27. The second-order valence-corrected chi connectivity index (χ2v) is 6.44. The van der Waals surface area contributed by atoms with Gasteiger partial charge in [0.2, 0.25) is 10.0 Å². The van der Waals surface area contributed by atoms with Crippen molar-refractivity contribution in [3.8, 4) is 12.3 Å². The number of allylic oxidation sites excluding steroid dienone is 1. The molecule has 1 aromatic rings. The summed E-state index contributed by atoms with van der Waals surface area (Å²) in [7, 11) is 0.116.